The van der Waals surface area contributed by atoms with Crippen molar-refractivity contribution in [2.24, 2.45) is 10.7 Å². The second-order valence-electron chi connectivity index (χ2n) is 2.83. The van der Waals surface area contributed by atoms with Crippen molar-refractivity contribution >= 4 is 5.87 Å². The fourth-order valence-corrected chi connectivity index (χ4v) is 0.647. The number of rotatable bonds is 4. The standard InChI is InChI=1S/C8H17N3/c1-8(9)7-10-5-4-6-11(2)3/h4-6,9H2,1-3H3. The van der Waals surface area contributed by atoms with Gasteiger partial charge in [0.15, 0.2) is 0 Å². The number of hydrogen-bond donors (Lipinski definition) is 1. The summed E-state index contributed by atoms with van der Waals surface area (Å²) in [5.41, 5.74) is 5.98. The Morgan fingerprint density at radius 3 is 2.64 bits per heavy atom. The summed E-state index contributed by atoms with van der Waals surface area (Å²) in [5.74, 6) is 2.72. The van der Waals surface area contributed by atoms with E-state index in [9.17, 15) is 0 Å². The second-order valence-corrected chi connectivity index (χ2v) is 2.83. The van der Waals surface area contributed by atoms with Gasteiger partial charge in [-0.3, -0.25) is 0 Å². The maximum absolute atomic E-state index is 5.34. The third kappa shape index (κ3) is 9.21. The van der Waals surface area contributed by atoms with Gasteiger partial charge in [-0.05, 0) is 34.0 Å². The predicted octanol–water partition coefficient (Wildman–Crippen LogP) is 0.470. The molecule has 0 rings (SSSR count). The summed E-state index contributed by atoms with van der Waals surface area (Å²) in [5, 5.41) is 0. The van der Waals surface area contributed by atoms with Gasteiger partial charge in [0.25, 0.3) is 0 Å². The van der Waals surface area contributed by atoms with Crippen molar-refractivity contribution in [1.82, 2.24) is 4.90 Å². The highest BCUT2D eigenvalue weighted by Crippen LogP contribution is 1.82. The molecule has 0 heterocycles. The van der Waals surface area contributed by atoms with E-state index in [-0.39, 0.29) is 0 Å². The molecule has 0 radical (unpaired) electrons. The molecule has 0 aliphatic rings. The molecule has 0 fully saturated rings. The van der Waals surface area contributed by atoms with Gasteiger partial charge in [0, 0.05) is 12.4 Å². The summed E-state index contributed by atoms with van der Waals surface area (Å²) >= 11 is 0. The average molecular weight is 155 g/mol. The Morgan fingerprint density at radius 2 is 2.18 bits per heavy atom. The lowest BCUT2D eigenvalue weighted by Crippen LogP contribution is -2.13. The maximum Gasteiger partial charge on any atom is 0.0673 e. The zero-order valence-corrected chi connectivity index (χ0v) is 7.59. The van der Waals surface area contributed by atoms with E-state index < -0.39 is 0 Å². The van der Waals surface area contributed by atoms with Crippen LogP contribution in [0.1, 0.15) is 13.3 Å². The Labute approximate surface area is 68.6 Å². The van der Waals surface area contributed by atoms with Gasteiger partial charge in [0.05, 0.1) is 5.70 Å². The molecule has 0 amide bonds. The molecule has 3 heteroatoms. The lowest BCUT2D eigenvalue weighted by molar-refractivity contribution is 0.403. The quantitative estimate of drug-likeness (QED) is 0.473. The van der Waals surface area contributed by atoms with Crippen LogP contribution in [0, 0.1) is 0 Å². The molecular weight excluding hydrogens is 138 g/mol. The fraction of sp³-hybridized carbons (Fsp3) is 0.750. The van der Waals surface area contributed by atoms with Crippen molar-refractivity contribution in [2.75, 3.05) is 27.2 Å². The van der Waals surface area contributed by atoms with Crippen LogP contribution >= 0.6 is 0 Å². The Morgan fingerprint density at radius 1 is 1.55 bits per heavy atom. The van der Waals surface area contributed by atoms with Crippen LogP contribution in [0.25, 0.3) is 0 Å². The van der Waals surface area contributed by atoms with Crippen molar-refractivity contribution in [3.8, 4) is 0 Å². The van der Waals surface area contributed by atoms with Gasteiger partial charge in [-0.15, -0.1) is 0 Å². The van der Waals surface area contributed by atoms with Gasteiger partial charge >= 0.3 is 0 Å². The molecule has 0 saturated carbocycles. The molecule has 0 aliphatic carbocycles. The summed E-state index contributed by atoms with van der Waals surface area (Å²) in [6, 6.07) is 0. The first-order valence-corrected chi connectivity index (χ1v) is 3.79. The van der Waals surface area contributed by atoms with E-state index in [1.807, 2.05) is 14.1 Å². The van der Waals surface area contributed by atoms with Gasteiger partial charge in [-0.1, -0.05) is 0 Å². The molecule has 0 spiro atoms. The molecule has 0 saturated heterocycles. The molecule has 0 aromatic carbocycles. The van der Waals surface area contributed by atoms with Crippen molar-refractivity contribution in [3.63, 3.8) is 0 Å². The first-order valence-electron chi connectivity index (χ1n) is 3.79. The number of nitrogens with zero attached hydrogens (tertiary/aromatic N) is 2. The Hall–Kier alpha value is -0.790. The minimum absolute atomic E-state index is 0.648. The maximum atomic E-state index is 5.34. The zero-order chi connectivity index (χ0) is 8.69. The Kier molecular flexibility index (Phi) is 5.53. The van der Waals surface area contributed by atoms with Crippen LogP contribution in [0.5, 0.6) is 0 Å². The van der Waals surface area contributed by atoms with Crippen LogP contribution < -0.4 is 5.73 Å². The molecular formula is C8H17N3. The lowest BCUT2D eigenvalue weighted by atomic mass is 10.4. The molecule has 0 aromatic heterocycles. The topological polar surface area (TPSA) is 41.6 Å². The number of allylic oxidation sites excluding steroid dienone is 1. The molecule has 2 N–H and O–H groups in total. The van der Waals surface area contributed by atoms with Gasteiger partial charge in [0.1, 0.15) is 0 Å². The molecule has 11 heavy (non-hydrogen) atoms. The minimum Gasteiger partial charge on any atom is -0.395 e. The largest absolute Gasteiger partial charge is 0.395 e. The van der Waals surface area contributed by atoms with Gasteiger partial charge < -0.3 is 10.6 Å². The first-order chi connectivity index (χ1) is 5.13. The Bertz CT molecular complexity index is 151. The van der Waals surface area contributed by atoms with Crippen molar-refractivity contribution in [3.05, 3.63) is 5.70 Å². The SMILES string of the molecule is CC(N)=C=NCCCN(C)C. The van der Waals surface area contributed by atoms with Crippen molar-refractivity contribution < 1.29 is 0 Å². The highest BCUT2D eigenvalue weighted by Gasteiger charge is 1.86. The van der Waals surface area contributed by atoms with E-state index in [4.69, 9.17) is 5.73 Å². The molecule has 0 aromatic rings. The van der Waals surface area contributed by atoms with E-state index >= 15 is 0 Å². The number of hydrogen-bond acceptors (Lipinski definition) is 3. The minimum atomic E-state index is 0.648. The second kappa shape index (κ2) is 5.96. The normalized spacial score (nSPS) is 9.45. The Balaban J connectivity index is 3.35. The van der Waals surface area contributed by atoms with Crippen LogP contribution in [0.2, 0.25) is 0 Å². The van der Waals surface area contributed by atoms with E-state index in [1.54, 1.807) is 6.92 Å². The zero-order valence-electron chi connectivity index (χ0n) is 7.59. The highest BCUT2D eigenvalue weighted by atomic mass is 15.0. The van der Waals surface area contributed by atoms with Crippen molar-refractivity contribution in [1.29, 1.82) is 0 Å². The smallest absolute Gasteiger partial charge is 0.0673 e. The highest BCUT2D eigenvalue weighted by molar-refractivity contribution is 5.55. The van der Waals surface area contributed by atoms with Gasteiger partial charge in [0.2, 0.25) is 0 Å². The third-order valence-electron chi connectivity index (χ3n) is 1.13. The van der Waals surface area contributed by atoms with E-state index in [2.05, 4.69) is 15.8 Å². The van der Waals surface area contributed by atoms with E-state index in [1.165, 1.54) is 0 Å². The van der Waals surface area contributed by atoms with Gasteiger partial charge in [-0.2, -0.15) is 0 Å². The number of nitrogens with two attached hydrogens (primary N) is 1. The third-order valence-corrected chi connectivity index (χ3v) is 1.13. The molecule has 0 unspecified atom stereocenters. The fourth-order valence-electron chi connectivity index (χ4n) is 0.647. The van der Waals surface area contributed by atoms with Crippen LogP contribution in [0.15, 0.2) is 10.7 Å². The lowest BCUT2D eigenvalue weighted by Gasteiger charge is -2.05. The average Bonchev–Trinajstić information content (AvgIpc) is 1.85. The van der Waals surface area contributed by atoms with Crippen LogP contribution in [-0.2, 0) is 0 Å². The first kappa shape index (κ1) is 10.2. The summed E-state index contributed by atoms with van der Waals surface area (Å²) in [6.45, 7) is 3.66. The summed E-state index contributed by atoms with van der Waals surface area (Å²) in [7, 11) is 4.10. The van der Waals surface area contributed by atoms with Crippen LogP contribution in [0.4, 0.5) is 0 Å². The van der Waals surface area contributed by atoms with Crippen LogP contribution in [-0.4, -0.2) is 38.0 Å². The molecule has 64 valence electrons. The predicted molar refractivity (Wildman–Crippen MR) is 48.8 cm³/mol. The summed E-state index contributed by atoms with van der Waals surface area (Å²) in [4.78, 5) is 6.14. The monoisotopic (exact) mass is 155 g/mol. The van der Waals surface area contributed by atoms with Crippen molar-refractivity contribution in [2.45, 2.75) is 13.3 Å². The van der Waals surface area contributed by atoms with E-state index in [0.717, 1.165) is 19.5 Å². The molecule has 3 nitrogen and oxygen atoms in total. The number of aliphatic imine (C=N–C) groups is 1. The van der Waals surface area contributed by atoms with E-state index in [0.29, 0.717) is 5.70 Å². The van der Waals surface area contributed by atoms with Gasteiger partial charge in [-0.25, -0.2) is 4.99 Å². The summed E-state index contributed by atoms with van der Waals surface area (Å²) in [6.07, 6.45) is 1.06. The van der Waals surface area contributed by atoms with Crippen LogP contribution in [0.3, 0.4) is 0 Å². The molecule has 0 atom stereocenters. The molecule has 0 bridgehead atoms. The molecule has 0 aliphatic heterocycles. The summed E-state index contributed by atoms with van der Waals surface area (Å²) < 4.78 is 0.